The fourth-order valence-electron chi connectivity index (χ4n) is 3.43. The highest BCUT2D eigenvalue weighted by atomic mass is 35.5. The third kappa shape index (κ3) is 6.78. The van der Waals surface area contributed by atoms with Crippen LogP contribution in [0.1, 0.15) is 53.0 Å². The zero-order chi connectivity index (χ0) is 21.7. The normalized spacial score (nSPS) is 16.6. The summed E-state index contributed by atoms with van der Waals surface area (Å²) in [6.45, 7) is 15.5. The van der Waals surface area contributed by atoms with Crippen molar-refractivity contribution in [3.05, 3.63) is 42.8 Å². The molecule has 1 aromatic carbocycles. The Labute approximate surface area is 174 Å². The summed E-state index contributed by atoms with van der Waals surface area (Å²) in [5.74, 6) is -1.20. The Hall–Kier alpha value is -1.59. The maximum absolute atomic E-state index is 13.1. The van der Waals surface area contributed by atoms with E-state index in [9.17, 15) is 14.7 Å². The van der Waals surface area contributed by atoms with E-state index in [1.165, 1.54) is 0 Å². The van der Waals surface area contributed by atoms with Crippen molar-refractivity contribution in [2.24, 2.45) is 10.8 Å². The van der Waals surface area contributed by atoms with Crippen molar-refractivity contribution < 1.29 is 14.7 Å². The quantitative estimate of drug-likeness (QED) is 0.605. The summed E-state index contributed by atoms with van der Waals surface area (Å²) < 4.78 is 0. The Morgan fingerprint density at radius 1 is 1.04 bits per heavy atom. The van der Waals surface area contributed by atoms with Crippen molar-refractivity contribution in [1.29, 1.82) is 0 Å². The van der Waals surface area contributed by atoms with Crippen molar-refractivity contribution in [2.45, 2.75) is 65.6 Å². The lowest BCUT2D eigenvalue weighted by molar-refractivity contribution is -0.132. The molecule has 1 rings (SSSR count). The molecule has 6 heteroatoms. The Morgan fingerprint density at radius 3 is 1.96 bits per heavy atom. The van der Waals surface area contributed by atoms with Crippen LogP contribution < -0.4 is 10.6 Å². The summed E-state index contributed by atoms with van der Waals surface area (Å²) in [5, 5.41) is 16.1. The summed E-state index contributed by atoms with van der Waals surface area (Å²) in [5.41, 5.74) is 0.209. The van der Waals surface area contributed by atoms with E-state index >= 15 is 0 Å². The smallest absolute Gasteiger partial charge is 0.243 e. The van der Waals surface area contributed by atoms with Gasteiger partial charge in [-0.3, -0.25) is 9.59 Å². The van der Waals surface area contributed by atoms with Gasteiger partial charge in [-0.2, -0.15) is 0 Å². The minimum Gasteiger partial charge on any atom is -0.391 e. The molecule has 0 aliphatic rings. The second-order valence-electron chi connectivity index (χ2n) is 9.36. The standard InChI is InChI=1S/C22H34ClN2O3/c1-14(26)18(17(21(2,3)4)15-11-9-8-10-12-15)25-20(28)19(22(5,6)7)24-16(27)13-23/h8-12,14,17-19,26H,1,13H2,2-7H3,(H,24,27)(H,25,28)/t14?,17?,18?,19-/m1/s1. The molecule has 0 heterocycles. The highest BCUT2D eigenvalue weighted by molar-refractivity contribution is 6.27. The molecule has 0 aliphatic heterocycles. The summed E-state index contributed by atoms with van der Waals surface area (Å²) >= 11 is 5.60. The van der Waals surface area contributed by atoms with Crippen LogP contribution in [0, 0.1) is 17.8 Å². The van der Waals surface area contributed by atoms with E-state index in [-0.39, 0.29) is 23.1 Å². The van der Waals surface area contributed by atoms with Gasteiger partial charge in [0, 0.05) is 5.92 Å². The molecular weight excluding hydrogens is 376 g/mol. The number of benzene rings is 1. The lowest BCUT2D eigenvalue weighted by Gasteiger charge is -2.41. The first-order valence-corrected chi connectivity index (χ1v) is 10.0. The van der Waals surface area contributed by atoms with Crippen LogP contribution in [0.4, 0.5) is 0 Å². The van der Waals surface area contributed by atoms with Gasteiger partial charge in [0.2, 0.25) is 11.8 Å². The van der Waals surface area contributed by atoms with Crippen LogP contribution in [0.2, 0.25) is 0 Å². The Morgan fingerprint density at radius 2 is 1.57 bits per heavy atom. The van der Waals surface area contributed by atoms with Gasteiger partial charge in [-0.1, -0.05) is 71.9 Å². The van der Waals surface area contributed by atoms with Gasteiger partial charge < -0.3 is 15.7 Å². The largest absolute Gasteiger partial charge is 0.391 e. The van der Waals surface area contributed by atoms with Crippen molar-refractivity contribution in [3.63, 3.8) is 0 Å². The molecule has 2 amide bonds. The summed E-state index contributed by atoms with van der Waals surface area (Å²) in [4.78, 5) is 24.9. The minimum atomic E-state index is -1.03. The Bertz CT molecular complexity index is 648. The van der Waals surface area contributed by atoms with Crippen molar-refractivity contribution >= 4 is 23.4 Å². The molecular formula is C22H34ClN2O3. The monoisotopic (exact) mass is 409 g/mol. The van der Waals surface area contributed by atoms with Gasteiger partial charge in [0.05, 0.1) is 12.1 Å². The first-order valence-electron chi connectivity index (χ1n) is 9.50. The third-order valence-electron chi connectivity index (χ3n) is 4.73. The number of carbonyl (C=O) groups is 2. The molecule has 0 spiro atoms. The summed E-state index contributed by atoms with van der Waals surface area (Å²) in [6, 6.07) is 8.32. The topological polar surface area (TPSA) is 78.4 Å². The summed E-state index contributed by atoms with van der Waals surface area (Å²) in [7, 11) is 0. The number of carbonyl (C=O) groups excluding carboxylic acids is 2. The first-order chi connectivity index (χ1) is 12.8. The fraction of sp³-hybridized carbons (Fsp3) is 0.591. The second kappa shape index (κ2) is 9.75. The summed E-state index contributed by atoms with van der Waals surface area (Å²) in [6.07, 6.45) is -1.03. The van der Waals surface area contributed by atoms with Crippen molar-refractivity contribution in [1.82, 2.24) is 10.6 Å². The van der Waals surface area contributed by atoms with Crippen LogP contribution in [0.15, 0.2) is 30.3 Å². The van der Waals surface area contributed by atoms with E-state index in [0.29, 0.717) is 0 Å². The molecule has 28 heavy (non-hydrogen) atoms. The molecule has 0 aliphatic carbocycles. The minimum absolute atomic E-state index is 0.186. The number of hydrogen-bond donors (Lipinski definition) is 3. The van der Waals surface area contributed by atoms with E-state index in [1.807, 2.05) is 51.1 Å². The van der Waals surface area contributed by atoms with Crippen molar-refractivity contribution in [3.8, 4) is 0 Å². The van der Waals surface area contributed by atoms with E-state index < -0.39 is 29.5 Å². The number of nitrogens with one attached hydrogen (secondary N) is 2. The van der Waals surface area contributed by atoms with Gasteiger partial charge in [0.1, 0.15) is 11.9 Å². The maximum Gasteiger partial charge on any atom is 0.243 e. The third-order valence-corrected chi connectivity index (χ3v) is 4.97. The van der Waals surface area contributed by atoms with Crippen LogP contribution in [-0.2, 0) is 9.59 Å². The number of rotatable bonds is 7. The van der Waals surface area contributed by atoms with Crippen LogP contribution in [0.3, 0.4) is 0 Å². The molecule has 1 radical (unpaired) electrons. The van der Waals surface area contributed by atoms with Gasteiger partial charge in [-0.15, -0.1) is 11.6 Å². The molecule has 0 fully saturated rings. The van der Waals surface area contributed by atoms with E-state index in [1.54, 1.807) is 0 Å². The molecule has 1 aromatic rings. The number of hydrogen-bond acceptors (Lipinski definition) is 3. The zero-order valence-corrected chi connectivity index (χ0v) is 18.5. The fourth-order valence-corrected chi connectivity index (χ4v) is 3.51. The van der Waals surface area contributed by atoms with Gasteiger partial charge in [-0.25, -0.2) is 0 Å². The maximum atomic E-state index is 13.1. The highest BCUT2D eigenvalue weighted by Gasteiger charge is 2.40. The molecule has 0 saturated heterocycles. The SMILES string of the molecule is [CH2]C(O)C(NC(=O)[C@@H](NC(=O)CCl)C(C)(C)C)C(c1ccccc1)C(C)(C)C. The van der Waals surface area contributed by atoms with Gasteiger partial charge in [0.15, 0.2) is 0 Å². The molecule has 5 nitrogen and oxygen atoms in total. The number of halogens is 1. The zero-order valence-electron chi connectivity index (χ0n) is 17.8. The van der Waals surface area contributed by atoms with Gasteiger partial charge in [-0.05, 0) is 23.3 Å². The van der Waals surface area contributed by atoms with Crippen LogP contribution in [0.5, 0.6) is 0 Å². The Balaban J connectivity index is 3.25. The number of aliphatic hydroxyl groups is 1. The highest BCUT2D eigenvalue weighted by Crippen LogP contribution is 2.39. The lowest BCUT2D eigenvalue weighted by atomic mass is 9.71. The van der Waals surface area contributed by atoms with Crippen molar-refractivity contribution in [2.75, 3.05) is 5.88 Å². The predicted molar refractivity (Wildman–Crippen MR) is 114 cm³/mol. The lowest BCUT2D eigenvalue weighted by Crippen LogP contribution is -2.59. The van der Waals surface area contributed by atoms with E-state index in [0.717, 1.165) is 5.56 Å². The van der Waals surface area contributed by atoms with E-state index in [4.69, 9.17) is 11.6 Å². The first kappa shape index (κ1) is 24.4. The predicted octanol–water partition coefficient (Wildman–Crippen LogP) is 3.27. The number of aliphatic hydroxyl groups excluding tert-OH is 1. The molecule has 4 atom stereocenters. The molecule has 0 saturated carbocycles. The van der Waals surface area contributed by atoms with Gasteiger partial charge in [0.25, 0.3) is 0 Å². The van der Waals surface area contributed by atoms with Crippen LogP contribution in [0.25, 0.3) is 0 Å². The molecule has 0 bridgehead atoms. The van der Waals surface area contributed by atoms with Crippen LogP contribution in [-0.4, -0.2) is 41.0 Å². The van der Waals surface area contributed by atoms with Gasteiger partial charge >= 0.3 is 0 Å². The molecule has 0 aromatic heterocycles. The second-order valence-corrected chi connectivity index (χ2v) is 9.62. The molecule has 3 unspecified atom stereocenters. The average molecular weight is 410 g/mol. The molecule has 157 valence electrons. The average Bonchev–Trinajstić information content (AvgIpc) is 2.57. The number of alkyl halides is 1. The Kier molecular flexibility index (Phi) is 8.51. The van der Waals surface area contributed by atoms with Crippen LogP contribution >= 0.6 is 11.6 Å². The molecule has 3 N–H and O–H groups in total. The van der Waals surface area contributed by atoms with E-state index in [2.05, 4.69) is 38.3 Å². The number of amides is 2.